The Balaban J connectivity index is 2.08. The van der Waals surface area contributed by atoms with Crippen LogP contribution in [0.3, 0.4) is 0 Å². The number of nitrogens with one attached hydrogen (secondary N) is 2. The molecule has 0 heterocycles. The van der Waals surface area contributed by atoms with E-state index in [-0.39, 0.29) is 0 Å². The summed E-state index contributed by atoms with van der Waals surface area (Å²) < 4.78 is 1.92. The highest BCUT2D eigenvalue weighted by Crippen LogP contribution is 2.27. The van der Waals surface area contributed by atoms with Crippen LogP contribution in [0.25, 0.3) is 0 Å². The van der Waals surface area contributed by atoms with Crippen LogP contribution in [0.5, 0.6) is 0 Å². The number of rotatable bonds is 2. The van der Waals surface area contributed by atoms with Crippen molar-refractivity contribution in [3.63, 3.8) is 0 Å². The van der Waals surface area contributed by atoms with Crippen molar-refractivity contribution in [3.05, 3.63) is 56.4 Å². The minimum Gasteiger partial charge on any atom is -0.332 e. The van der Waals surface area contributed by atoms with Crippen LogP contribution in [-0.2, 0) is 0 Å². The average molecular weight is 421 g/mol. The molecule has 2 N–H and O–H groups in total. The fourth-order valence-electron chi connectivity index (χ4n) is 1.43. The molecule has 2 rings (SSSR count). The van der Waals surface area contributed by atoms with E-state index in [9.17, 15) is 0 Å². The minimum atomic E-state index is 0.483. The Morgan fingerprint density at radius 2 is 1.68 bits per heavy atom. The second-order valence-electron chi connectivity index (χ2n) is 3.68. The van der Waals surface area contributed by atoms with Gasteiger partial charge in [-0.2, -0.15) is 0 Å². The van der Waals surface area contributed by atoms with E-state index in [2.05, 4.69) is 42.5 Å². The van der Waals surface area contributed by atoms with Gasteiger partial charge in [-0.1, -0.05) is 39.7 Å². The van der Waals surface area contributed by atoms with Crippen LogP contribution in [0.4, 0.5) is 11.4 Å². The number of hydrogen-bond acceptors (Lipinski definition) is 1. The van der Waals surface area contributed by atoms with Gasteiger partial charge in [0.25, 0.3) is 0 Å². The normalized spacial score (nSPS) is 10.1. The van der Waals surface area contributed by atoms with Gasteiger partial charge >= 0.3 is 0 Å². The molecule has 0 atom stereocenters. The zero-order valence-corrected chi connectivity index (χ0v) is 14.3. The van der Waals surface area contributed by atoms with Crippen LogP contribution in [0.2, 0.25) is 5.02 Å². The van der Waals surface area contributed by atoms with Crippen molar-refractivity contribution in [2.75, 3.05) is 10.6 Å². The molecule has 0 aliphatic carbocycles. The minimum absolute atomic E-state index is 0.483. The number of benzene rings is 2. The first kappa shape index (κ1) is 14.8. The van der Waals surface area contributed by atoms with Crippen molar-refractivity contribution in [3.8, 4) is 0 Å². The van der Waals surface area contributed by atoms with Crippen molar-refractivity contribution in [1.82, 2.24) is 0 Å². The molecule has 0 unspecified atom stereocenters. The Kier molecular flexibility index (Phi) is 5.21. The SMILES string of the molecule is S=C(Nc1ccccc1Cl)Nc1ccc(Br)cc1Br. The zero-order chi connectivity index (χ0) is 13.8. The maximum Gasteiger partial charge on any atom is 0.175 e. The second-order valence-corrected chi connectivity index (χ2v) is 6.27. The molecule has 2 aromatic rings. The molecule has 2 aromatic carbocycles. The van der Waals surface area contributed by atoms with Gasteiger partial charge in [-0.05, 0) is 58.5 Å². The van der Waals surface area contributed by atoms with Crippen molar-refractivity contribution in [1.29, 1.82) is 0 Å². The molecule has 0 spiro atoms. The predicted octanol–water partition coefficient (Wildman–Crippen LogP) is 5.67. The lowest BCUT2D eigenvalue weighted by Crippen LogP contribution is -2.19. The molecule has 6 heteroatoms. The van der Waals surface area contributed by atoms with E-state index in [1.54, 1.807) is 0 Å². The van der Waals surface area contributed by atoms with E-state index >= 15 is 0 Å². The molecule has 0 aromatic heterocycles. The van der Waals surface area contributed by atoms with Gasteiger partial charge in [-0.25, -0.2) is 0 Å². The summed E-state index contributed by atoms with van der Waals surface area (Å²) in [5.41, 5.74) is 1.66. The fraction of sp³-hybridized carbons (Fsp3) is 0. The van der Waals surface area contributed by atoms with E-state index in [4.69, 9.17) is 23.8 Å². The molecule has 0 radical (unpaired) electrons. The molecule has 0 aliphatic heterocycles. The van der Waals surface area contributed by atoms with Gasteiger partial charge in [-0.3, -0.25) is 0 Å². The Bertz CT molecular complexity index is 619. The molecular weight excluding hydrogens is 411 g/mol. The van der Waals surface area contributed by atoms with E-state index in [0.717, 1.165) is 20.3 Å². The maximum absolute atomic E-state index is 6.06. The first-order chi connectivity index (χ1) is 9.06. The standard InChI is InChI=1S/C13H9Br2ClN2S/c14-8-5-6-11(9(15)7-8)17-13(19)18-12-4-2-1-3-10(12)16/h1-7H,(H2,17,18,19). The smallest absolute Gasteiger partial charge is 0.175 e. The topological polar surface area (TPSA) is 24.1 Å². The van der Waals surface area contributed by atoms with Crippen LogP contribution < -0.4 is 10.6 Å². The zero-order valence-electron chi connectivity index (χ0n) is 9.58. The highest BCUT2D eigenvalue weighted by molar-refractivity contribution is 9.11. The van der Waals surface area contributed by atoms with Crippen molar-refractivity contribution in [2.24, 2.45) is 0 Å². The number of halogens is 3. The van der Waals surface area contributed by atoms with Crippen LogP contribution >= 0.6 is 55.7 Å². The molecule has 2 nitrogen and oxygen atoms in total. The van der Waals surface area contributed by atoms with Crippen molar-refractivity contribution in [2.45, 2.75) is 0 Å². The summed E-state index contributed by atoms with van der Waals surface area (Å²) in [6.45, 7) is 0. The van der Waals surface area contributed by atoms with Crippen LogP contribution in [0.15, 0.2) is 51.4 Å². The third-order valence-corrected chi connectivity index (χ3v) is 3.98. The van der Waals surface area contributed by atoms with Crippen LogP contribution in [0, 0.1) is 0 Å². The highest BCUT2D eigenvalue weighted by atomic mass is 79.9. The molecule has 19 heavy (non-hydrogen) atoms. The van der Waals surface area contributed by atoms with Crippen molar-refractivity contribution < 1.29 is 0 Å². The lowest BCUT2D eigenvalue weighted by molar-refractivity contribution is 1.55. The quantitative estimate of drug-likeness (QED) is 0.612. The van der Waals surface area contributed by atoms with E-state index in [1.165, 1.54) is 0 Å². The number of anilines is 2. The monoisotopic (exact) mass is 418 g/mol. The molecule has 0 bridgehead atoms. The summed E-state index contributed by atoms with van der Waals surface area (Å²) in [6.07, 6.45) is 0. The van der Waals surface area contributed by atoms with Crippen LogP contribution in [-0.4, -0.2) is 5.11 Å². The molecule has 0 amide bonds. The van der Waals surface area contributed by atoms with Gasteiger partial charge in [0.2, 0.25) is 0 Å². The summed E-state index contributed by atoms with van der Waals surface area (Å²) in [6, 6.07) is 13.2. The predicted molar refractivity (Wildman–Crippen MR) is 93.1 cm³/mol. The first-order valence-electron chi connectivity index (χ1n) is 5.34. The van der Waals surface area contributed by atoms with Gasteiger partial charge in [-0.15, -0.1) is 0 Å². The summed E-state index contributed by atoms with van der Waals surface area (Å²) in [4.78, 5) is 0. The first-order valence-corrected chi connectivity index (χ1v) is 7.71. The Hall–Kier alpha value is -0.620. The van der Waals surface area contributed by atoms with E-state index < -0.39 is 0 Å². The third-order valence-electron chi connectivity index (χ3n) is 2.30. The molecule has 0 aliphatic rings. The summed E-state index contributed by atoms with van der Waals surface area (Å²) in [5.74, 6) is 0. The van der Waals surface area contributed by atoms with Gasteiger partial charge in [0.15, 0.2) is 5.11 Å². The molecule has 0 saturated heterocycles. The van der Waals surface area contributed by atoms with Gasteiger partial charge in [0.1, 0.15) is 0 Å². The van der Waals surface area contributed by atoms with Gasteiger partial charge in [0.05, 0.1) is 16.4 Å². The van der Waals surface area contributed by atoms with E-state index in [1.807, 2.05) is 42.5 Å². The largest absolute Gasteiger partial charge is 0.332 e. The Morgan fingerprint density at radius 1 is 1.00 bits per heavy atom. The van der Waals surface area contributed by atoms with Gasteiger partial charge < -0.3 is 10.6 Å². The van der Waals surface area contributed by atoms with E-state index in [0.29, 0.717) is 10.1 Å². The fourth-order valence-corrected chi connectivity index (χ4v) is 2.98. The van der Waals surface area contributed by atoms with Gasteiger partial charge in [0, 0.05) is 8.95 Å². The highest BCUT2D eigenvalue weighted by Gasteiger charge is 2.05. The lowest BCUT2D eigenvalue weighted by atomic mass is 10.3. The Morgan fingerprint density at radius 3 is 2.37 bits per heavy atom. The molecule has 0 saturated carbocycles. The lowest BCUT2D eigenvalue weighted by Gasteiger charge is -2.13. The summed E-state index contributed by atoms with van der Waals surface area (Å²) >= 11 is 18.2. The molecule has 0 fully saturated rings. The van der Waals surface area contributed by atoms with Crippen molar-refractivity contribution >= 4 is 72.2 Å². The number of para-hydroxylation sites is 1. The number of hydrogen-bond donors (Lipinski definition) is 2. The molecule has 98 valence electrons. The van der Waals surface area contributed by atoms with Crippen LogP contribution in [0.1, 0.15) is 0 Å². The second kappa shape index (κ2) is 6.70. The average Bonchev–Trinajstić information content (AvgIpc) is 2.36. The maximum atomic E-state index is 6.06. The third kappa shape index (κ3) is 4.18. The molecular formula is C13H9Br2ClN2S. The number of thiocarbonyl (C=S) groups is 1. The summed E-state index contributed by atoms with van der Waals surface area (Å²) in [5, 5.41) is 7.27. The summed E-state index contributed by atoms with van der Waals surface area (Å²) in [7, 11) is 0. The Labute approximate surface area is 138 Å².